The number of benzene rings is 2. The van der Waals surface area contributed by atoms with Gasteiger partial charge in [-0.1, -0.05) is 24.3 Å². The molecule has 1 heterocycles. The third-order valence-corrected chi connectivity index (χ3v) is 4.16. The molecule has 1 amide bonds. The highest BCUT2D eigenvalue weighted by Gasteiger charge is 2.32. The molecule has 0 spiro atoms. The fourth-order valence-corrected chi connectivity index (χ4v) is 3.03. The van der Waals surface area contributed by atoms with E-state index in [9.17, 15) is 19.8 Å². The van der Waals surface area contributed by atoms with Gasteiger partial charge in [-0.25, -0.2) is 4.79 Å². The quantitative estimate of drug-likeness (QED) is 0.804. The number of nitrogens with one attached hydrogen (secondary N) is 1. The Hall–Kier alpha value is -3.02. The summed E-state index contributed by atoms with van der Waals surface area (Å²) < 4.78 is 0. The number of hydrogen-bond donors (Lipinski definition) is 3. The molecule has 6 heteroatoms. The van der Waals surface area contributed by atoms with Crippen LogP contribution in [0.15, 0.2) is 48.5 Å². The summed E-state index contributed by atoms with van der Waals surface area (Å²) in [6, 6.07) is 12.8. The monoisotopic (exact) mass is 326 g/mol. The average Bonchev–Trinajstić information content (AvgIpc) is 3.05. The van der Waals surface area contributed by atoms with Crippen molar-refractivity contribution in [2.75, 3.05) is 16.8 Å². The molecule has 124 valence electrons. The van der Waals surface area contributed by atoms with Crippen molar-refractivity contribution >= 4 is 23.3 Å². The molecule has 24 heavy (non-hydrogen) atoms. The Morgan fingerprint density at radius 3 is 2.54 bits per heavy atom. The molecule has 1 aliphatic rings. The van der Waals surface area contributed by atoms with Gasteiger partial charge in [0.15, 0.2) is 0 Å². The number of phenols is 1. The number of carboxylic acid groups (broad SMARTS) is 1. The maximum absolute atomic E-state index is 12.7. The van der Waals surface area contributed by atoms with Gasteiger partial charge < -0.3 is 20.4 Å². The van der Waals surface area contributed by atoms with Crippen molar-refractivity contribution in [2.45, 2.75) is 18.9 Å². The first-order chi connectivity index (χ1) is 11.6. The molecule has 2 aromatic carbocycles. The smallest absolute Gasteiger partial charge is 0.337 e. The highest BCUT2D eigenvalue weighted by atomic mass is 16.4. The van der Waals surface area contributed by atoms with Gasteiger partial charge in [0.05, 0.1) is 16.9 Å². The highest BCUT2D eigenvalue weighted by molar-refractivity contribution is 6.03. The molecule has 3 N–H and O–H groups in total. The molecule has 1 fully saturated rings. The van der Waals surface area contributed by atoms with E-state index in [0.29, 0.717) is 18.7 Å². The molecule has 1 aliphatic heterocycles. The predicted octanol–water partition coefficient (Wildman–Crippen LogP) is 2.70. The third kappa shape index (κ3) is 3.03. The number of carbonyl (C=O) groups excluding carboxylic acids is 1. The van der Waals surface area contributed by atoms with Gasteiger partial charge in [0, 0.05) is 6.54 Å². The minimum absolute atomic E-state index is 0.0537. The number of carbonyl (C=O) groups is 2. The standard InChI is InChI=1S/C18H18N2O4/c21-16-10-4-3-8-14(16)20-11-5-9-15(20)17(22)19-13-7-2-1-6-12(13)18(23)24/h1-4,6-8,10,15,21H,5,9,11H2,(H,19,22)(H,23,24)/t15-/m0/s1. The molecule has 2 aromatic rings. The van der Waals surface area contributed by atoms with Crippen molar-refractivity contribution < 1.29 is 19.8 Å². The lowest BCUT2D eigenvalue weighted by Gasteiger charge is -2.26. The number of carboxylic acids is 1. The summed E-state index contributed by atoms with van der Waals surface area (Å²) in [5, 5.41) is 22.0. The van der Waals surface area contributed by atoms with Gasteiger partial charge >= 0.3 is 5.97 Å². The lowest BCUT2D eigenvalue weighted by atomic mass is 10.1. The minimum atomic E-state index is -1.09. The minimum Gasteiger partial charge on any atom is -0.506 e. The molecule has 0 saturated carbocycles. The van der Waals surface area contributed by atoms with Gasteiger partial charge in [-0.15, -0.1) is 0 Å². The van der Waals surface area contributed by atoms with E-state index in [0.717, 1.165) is 6.42 Å². The third-order valence-electron chi connectivity index (χ3n) is 4.16. The van der Waals surface area contributed by atoms with Crippen molar-refractivity contribution in [2.24, 2.45) is 0 Å². The molecular weight excluding hydrogens is 308 g/mol. The lowest BCUT2D eigenvalue weighted by Crippen LogP contribution is -2.40. The fourth-order valence-electron chi connectivity index (χ4n) is 3.03. The van der Waals surface area contributed by atoms with Crippen LogP contribution < -0.4 is 10.2 Å². The van der Waals surface area contributed by atoms with E-state index in [1.165, 1.54) is 6.07 Å². The Labute approximate surface area is 139 Å². The molecule has 0 unspecified atom stereocenters. The maximum Gasteiger partial charge on any atom is 0.337 e. The van der Waals surface area contributed by atoms with Crippen molar-refractivity contribution in [3.63, 3.8) is 0 Å². The van der Waals surface area contributed by atoms with E-state index in [4.69, 9.17) is 0 Å². The number of nitrogens with zero attached hydrogens (tertiary/aromatic N) is 1. The normalized spacial score (nSPS) is 16.8. The van der Waals surface area contributed by atoms with Crippen LogP contribution in [0.25, 0.3) is 0 Å². The van der Waals surface area contributed by atoms with Crippen LogP contribution in [0.3, 0.4) is 0 Å². The predicted molar refractivity (Wildman–Crippen MR) is 90.5 cm³/mol. The fraction of sp³-hybridized carbons (Fsp3) is 0.222. The topological polar surface area (TPSA) is 89.9 Å². The molecule has 0 bridgehead atoms. The number of rotatable bonds is 4. The summed E-state index contributed by atoms with van der Waals surface area (Å²) in [6.45, 7) is 0.663. The van der Waals surface area contributed by atoms with Gasteiger partial charge in [0.25, 0.3) is 0 Å². The summed E-state index contributed by atoms with van der Waals surface area (Å²) in [4.78, 5) is 25.8. The van der Waals surface area contributed by atoms with Crippen LogP contribution in [0.2, 0.25) is 0 Å². The van der Waals surface area contributed by atoms with Gasteiger partial charge in [0.2, 0.25) is 5.91 Å². The molecular formula is C18H18N2O4. The van der Waals surface area contributed by atoms with E-state index in [1.54, 1.807) is 36.4 Å². The second kappa shape index (κ2) is 6.62. The molecule has 1 atom stereocenters. The van der Waals surface area contributed by atoms with Crippen LogP contribution in [-0.4, -0.2) is 34.7 Å². The number of phenolic OH excluding ortho intramolecular Hbond substituents is 1. The Balaban J connectivity index is 1.82. The Morgan fingerprint density at radius 2 is 1.79 bits per heavy atom. The molecule has 1 saturated heterocycles. The van der Waals surface area contributed by atoms with Crippen LogP contribution >= 0.6 is 0 Å². The summed E-state index contributed by atoms with van der Waals surface area (Å²) in [7, 11) is 0. The van der Waals surface area contributed by atoms with E-state index in [-0.39, 0.29) is 22.9 Å². The molecule has 0 radical (unpaired) electrons. The van der Waals surface area contributed by atoms with Gasteiger partial charge in [0.1, 0.15) is 11.8 Å². The highest BCUT2D eigenvalue weighted by Crippen LogP contribution is 2.33. The van der Waals surface area contributed by atoms with Crippen molar-refractivity contribution in [3.8, 4) is 5.75 Å². The Morgan fingerprint density at radius 1 is 1.08 bits per heavy atom. The Bertz CT molecular complexity index is 775. The number of amides is 1. The van der Waals surface area contributed by atoms with Crippen molar-refractivity contribution in [1.29, 1.82) is 0 Å². The van der Waals surface area contributed by atoms with Crippen molar-refractivity contribution in [1.82, 2.24) is 0 Å². The Kier molecular flexibility index (Phi) is 4.37. The van der Waals surface area contributed by atoms with Crippen LogP contribution in [0, 0.1) is 0 Å². The second-order valence-electron chi connectivity index (χ2n) is 5.68. The number of aromatic hydroxyl groups is 1. The first-order valence-corrected chi connectivity index (χ1v) is 7.76. The van der Waals surface area contributed by atoms with E-state index >= 15 is 0 Å². The van der Waals surface area contributed by atoms with Crippen LogP contribution in [0.4, 0.5) is 11.4 Å². The average molecular weight is 326 g/mol. The summed E-state index contributed by atoms with van der Waals surface area (Å²) in [5.41, 5.74) is 0.943. The molecule has 0 aromatic heterocycles. The molecule has 3 rings (SSSR count). The zero-order valence-electron chi connectivity index (χ0n) is 13.0. The largest absolute Gasteiger partial charge is 0.506 e. The number of aromatic carboxylic acids is 1. The second-order valence-corrected chi connectivity index (χ2v) is 5.68. The van der Waals surface area contributed by atoms with Crippen LogP contribution in [0.5, 0.6) is 5.75 Å². The van der Waals surface area contributed by atoms with Crippen molar-refractivity contribution in [3.05, 3.63) is 54.1 Å². The molecule has 6 nitrogen and oxygen atoms in total. The maximum atomic E-state index is 12.7. The summed E-state index contributed by atoms with van der Waals surface area (Å²) >= 11 is 0. The first kappa shape index (κ1) is 15.9. The number of para-hydroxylation sites is 3. The number of hydrogen-bond acceptors (Lipinski definition) is 4. The molecule has 0 aliphatic carbocycles. The summed E-state index contributed by atoms with van der Waals surface area (Å²) in [6.07, 6.45) is 1.47. The van der Waals surface area contributed by atoms with Crippen LogP contribution in [-0.2, 0) is 4.79 Å². The zero-order valence-corrected chi connectivity index (χ0v) is 13.0. The van der Waals surface area contributed by atoms with Gasteiger partial charge in [-0.05, 0) is 37.1 Å². The van der Waals surface area contributed by atoms with Gasteiger partial charge in [-0.2, -0.15) is 0 Å². The van der Waals surface area contributed by atoms with E-state index < -0.39 is 12.0 Å². The number of anilines is 2. The van der Waals surface area contributed by atoms with E-state index in [2.05, 4.69) is 5.32 Å². The van der Waals surface area contributed by atoms with Crippen LogP contribution in [0.1, 0.15) is 23.2 Å². The van der Waals surface area contributed by atoms with Gasteiger partial charge in [-0.3, -0.25) is 4.79 Å². The summed E-state index contributed by atoms with van der Waals surface area (Å²) in [5.74, 6) is -1.23. The first-order valence-electron chi connectivity index (χ1n) is 7.76. The SMILES string of the molecule is O=C(O)c1ccccc1NC(=O)[C@@H]1CCCN1c1ccccc1O. The zero-order chi connectivity index (χ0) is 17.1. The van der Waals surface area contributed by atoms with E-state index in [1.807, 2.05) is 11.0 Å². The lowest BCUT2D eigenvalue weighted by molar-refractivity contribution is -0.117.